The number of carbonyl (C=O) groups excluding carboxylic acids is 2. The number of aldehydes is 1. The maximum atomic E-state index is 10.9. The average molecular weight is 193 g/mol. The van der Waals surface area contributed by atoms with Crippen LogP contribution in [0.15, 0.2) is 30.3 Å². The zero-order valence-electron chi connectivity index (χ0n) is 7.77. The molecule has 0 bridgehead atoms. The normalized spacial score (nSPS) is 11.5. The molecule has 0 saturated heterocycles. The maximum Gasteiger partial charge on any atom is 0.407 e. The Morgan fingerprint density at radius 1 is 1.43 bits per heavy atom. The lowest BCUT2D eigenvalue weighted by Crippen LogP contribution is -2.29. The van der Waals surface area contributed by atoms with Gasteiger partial charge in [0.15, 0.2) is 0 Å². The molecular formula is C10H11NO3. The Balaban J connectivity index is 2.73. The number of rotatable bonds is 3. The van der Waals surface area contributed by atoms with Crippen molar-refractivity contribution < 1.29 is 14.3 Å². The van der Waals surface area contributed by atoms with E-state index in [1.165, 1.54) is 7.11 Å². The van der Waals surface area contributed by atoms with Crippen LogP contribution in [0.5, 0.6) is 0 Å². The Morgan fingerprint density at radius 2 is 2.07 bits per heavy atom. The van der Waals surface area contributed by atoms with E-state index in [0.717, 1.165) is 5.56 Å². The van der Waals surface area contributed by atoms with Gasteiger partial charge in [-0.05, 0) is 5.56 Å². The van der Waals surface area contributed by atoms with Crippen LogP contribution in [0.3, 0.4) is 0 Å². The molecule has 1 atom stereocenters. The second kappa shape index (κ2) is 5.01. The van der Waals surface area contributed by atoms with Gasteiger partial charge in [-0.3, -0.25) is 0 Å². The van der Waals surface area contributed by atoms with E-state index >= 15 is 0 Å². The first-order valence-electron chi connectivity index (χ1n) is 4.12. The first-order chi connectivity index (χ1) is 6.77. The highest BCUT2D eigenvalue weighted by molar-refractivity contribution is 5.74. The van der Waals surface area contributed by atoms with Crippen LogP contribution in [0.2, 0.25) is 0 Å². The van der Waals surface area contributed by atoms with Crippen molar-refractivity contribution in [1.82, 2.24) is 5.32 Å². The quantitative estimate of drug-likeness (QED) is 0.736. The summed E-state index contributed by atoms with van der Waals surface area (Å²) in [6.45, 7) is 0. The fourth-order valence-electron chi connectivity index (χ4n) is 1.04. The number of alkyl carbamates (subject to hydrolysis) is 1. The molecule has 0 aromatic heterocycles. The van der Waals surface area contributed by atoms with E-state index in [1.54, 1.807) is 24.3 Å². The maximum absolute atomic E-state index is 10.9. The molecule has 0 fully saturated rings. The Hall–Kier alpha value is -1.84. The zero-order valence-corrected chi connectivity index (χ0v) is 7.77. The van der Waals surface area contributed by atoms with Gasteiger partial charge in [-0.1, -0.05) is 30.3 Å². The summed E-state index contributed by atoms with van der Waals surface area (Å²) in [5.74, 6) is 0. The number of ether oxygens (including phenoxy) is 1. The molecular weight excluding hydrogens is 182 g/mol. The third-order valence-corrected chi connectivity index (χ3v) is 1.75. The summed E-state index contributed by atoms with van der Waals surface area (Å²) in [6, 6.07) is 8.30. The molecule has 4 nitrogen and oxygen atoms in total. The van der Waals surface area contributed by atoms with E-state index in [-0.39, 0.29) is 0 Å². The Morgan fingerprint density at radius 3 is 2.57 bits per heavy atom. The first-order valence-corrected chi connectivity index (χ1v) is 4.12. The van der Waals surface area contributed by atoms with Crippen molar-refractivity contribution in [1.29, 1.82) is 0 Å². The van der Waals surface area contributed by atoms with Crippen molar-refractivity contribution in [2.75, 3.05) is 7.11 Å². The predicted molar refractivity (Wildman–Crippen MR) is 50.8 cm³/mol. The highest BCUT2D eigenvalue weighted by atomic mass is 16.5. The SMILES string of the molecule is COC(=O)N[C@@H](C=O)c1ccccc1. The number of benzene rings is 1. The summed E-state index contributed by atoms with van der Waals surface area (Å²) in [4.78, 5) is 21.5. The molecule has 0 heterocycles. The van der Waals surface area contributed by atoms with Crippen molar-refractivity contribution in [2.24, 2.45) is 0 Å². The van der Waals surface area contributed by atoms with Gasteiger partial charge in [0.1, 0.15) is 12.3 Å². The summed E-state index contributed by atoms with van der Waals surface area (Å²) in [5.41, 5.74) is 0.730. The molecule has 0 aliphatic heterocycles. The number of carbonyl (C=O) groups is 2. The van der Waals surface area contributed by atoms with Crippen molar-refractivity contribution >= 4 is 12.4 Å². The topological polar surface area (TPSA) is 55.4 Å². The standard InChI is InChI=1S/C10H11NO3/c1-14-10(13)11-9(7-12)8-5-3-2-4-6-8/h2-7,9H,1H3,(H,11,13)/t9-/m0/s1. The van der Waals surface area contributed by atoms with Crippen LogP contribution in [0.4, 0.5) is 4.79 Å². The summed E-state index contributed by atoms with van der Waals surface area (Å²) < 4.78 is 4.40. The largest absolute Gasteiger partial charge is 0.453 e. The Bertz CT molecular complexity index is 310. The fourth-order valence-corrected chi connectivity index (χ4v) is 1.04. The van der Waals surface area contributed by atoms with E-state index in [9.17, 15) is 9.59 Å². The molecule has 1 rings (SSSR count). The molecule has 1 aromatic rings. The van der Waals surface area contributed by atoms with Gasteiger partial charge in [0.2, 0.25) is 0 Å². The smallest absolute Gasteiger partial charge is 0.407 e. The van der Waals surface area contributed by atoms with E-state index in [4.69, 9.17) is 0 Å². The summed E-state index contributed by atoms with van der Waals surface area (Å²) in [6.07, 6.45) is 0.0395. The van der Waals surface area contributed by atoms with Gasteiger partial charge in [0, 0.05) is 0 Å². The first kappa shape index (κ1) is 10.2. The molecule has 1 amide bonds. The predicted octanol–water partition coefficient (Wildman–Crippen LogP) is 1.28. The van der Waals surface area contributed by atoms with Gasteiger partial charge in [-0.2, -0.15) is 0 Å². The lowest BCUT2D eigenvalue weighted by Gasteiger charge is -2.11. The van der Waals surface area contributed by atoms with Crippen LogP contribution in [-0.4, -0.2) is 19.5 Å². The van der Waals surface area contributed by atoms with Crippen LogP contribution in [0, 0.1) is 0 Å². The molecule has 4 heteroatoms. The van der Waals surface area contributed by atoms with Crippen LogP contribution in [0.25, 0.3) is 0 Å². The minimum atomic E-state index is -0.649. The van der Waals surface area contributed by atoms with Gasteiger partial charge in [0.05, 0.1) is 7.11 Å². The second-order valence-corrected chi connectivity index (χ2v) is 2.66. The molecule has 0 radical (unpaired) electrons. The molecule has 14 heavy (non-hydrogen) atoms. The minimum absolute atomic E-state index is 0.619. The van der Waals surface area contributed by atoms with Crippen LogP contribution < -0.4 is 5.32 Å². The third kappa shape index (κ3) is 2.58. The fraction of sp³-hybridized carbons (Fsp3) is 0.200. The number of hydrogen-bond donors (Lipinski definition) is 1. The van der Waals surface area contributed by atoms with Crippen LogP contribution in [0.1, 0.15) is 11.6 Å². The van der Waals surface area contributed by atoms with Crippen molar-refractivity contribution in [2.45, 2.75) is 6.04 Å². The van der Waals surface area contributed by atoms with Crippen molar-refractivity contribution in [3.8, 4) is 0 Å². The van der Waals surface area contributed by atoms with Gasteiger partial charge in [-0.25, -0.2) is 4.79 Å². The number of hydrogen-bond acceptors (Lipinski definition) is 3. The number of amides is 1. The van der Waals surface area contributed by atoms with E-state index in [1.807, 2.05) is 6.07 Å². The lowest BCUT2D eigenvalue weighted by molar-refractivity contribution is -0.109. The zero-order chi connectivity index (χ0) is 10.4. The molecule has 1 N–H and O–H groups in total. The molecule has 0 unspecified atom stereocenters. The van der Waals surface area contributed by atoms with Crippen LogP contribution >= 0.6 is 0 Å². The van der Waals surface area contributed by atoms with Crippen molar-refractivity contribution in [3.63, 3.8) is 0 Å². The number of nitrogens with one attached hydrogen (secondary N) is 1. The average Bonchev–Trinajstić information content (AvgIpc) is 2.26. The molecule has 74 valence electrons. The van der Waals surface area contributed by atoms with E-state index in [2.05, 4.69) is 10.1 Å². The number of methoxy groups -OCH3 is 1. The van der Waals surface area contributed by atoms with Crippen molar-refractivity contribution in [3.05, 3.63) is 35.9 Å². The Labute approximate surface area is 81.9 Å². The molecule has 0 spiro atoms. The molecule has 0 aliphatic carbocycles. The van der Waals surface area contributed by atoms with Crippen LogP contribution in [-0.2, 0) is 9.53 Å². The second-order valence-electron chi connectivity index (χ2n) is 2.66. The molecule has 0 saturated carbocycles. The van der Waals surface area contributed by atoms with E-state index in [0.29, 0.717) is 6.29 Å². The minimum Gasteiger partial charge on any atom is -0.453 e. The lowest BCUT2D eigenvalue weighted by atomic mass is 10.1. The highest BCUT2D eigenvalue weighted by Crippen LogP contribution is 2.09. The highest BCUT2D eigenvalue weighted by Gasteiger charge is 2.12. The Kier molecular flexibility index (Phi) is 3.67. The van der Waals surface area contributed by atoms with Gasteiger partial charge in [0.25, 0.3) is 0 Å². The summed E-state index contributed by atoms with van der Waals surface area (Å²) in [5, 5.41) is 2.40. The summed E-state index contributed by atoms with van der Waals surface area (Å²) in [7, 11) is 1.25. The van der Waals surface area contributed by atoms with Gasteiger partial charge < -0.3 is 14.8 Å². The third-order valence-electron chi connectivity index (χ3n) is 1.75. The monoisotopic (exact) mass is 193 g/mol. The molecule has 0 aliphatic rings. The summed E-state index contributed by atoms with van der Waals surface area (Å²) >= 11 is 0. The van der Waals surface area contributed by atoms with Gasteiger partial charge >= 0.3 is 6.09 Å². The molecule has 1 aromatic carbocycles. The van der Waals surface area contributed by atoms with Gasteiger partial charge in [-0.15, -0.1) is 0 Å². The van der Waals surface area contributed by atoms with E-state index < -0.39 is 12.1 Å².